The maximum atomic E-state index is 5.16. The highest BCUT2D eigenvalue weighted by Crippen LogP contribution is 2.19. The number of aliphatic imine (C=N–C) groups is 1. The molecule has 2 nitrogen and oxygen atoms in total. The number of allylic oxidation sites excluding steroid dienone is 1. The first-order chi connectivity index (χ1) is 5.25. The molecule has 0 unspecified atom stereocenters. The highest BCUT2D eigenvalue weighted by Gasteiger charge is 2.02. The molecule has 11 heavy (non-hydrogen) atoms. The lowest BCUT2D eigenvalue weighted by Crippen LogP contribution is -1.78. The second-order valence-corrected chi connectivity index (χ2v) is 2.48. The van der Waals surface area contributed by atoms with Crippen molar-refractivity contribution in [3.05, 3.63) is 29.7 Å². The minimum atomic E-state index is 0.778. The van der Waals surface area contributed by atoms with Crippen molar-refractivity contribution in [1.29, 1.82) is 0 Å². The SMILES string of the molecule is C=NC(=C(C)C)c1ccco1. The molecule has 1 aromatic heterocycles. The second-order valence-electron chi connectivity index (χ2n) is 2.48. The van der Waals surface area contributed by atoms with Crippen molar-refractivity contribution < 1.29 is 4.42 Å². The topological polar surface area (TPSA) is 25.5 Å². The number of hydrogen-bond donors (Lipinski definition) is 0. The van der Waals surface area contributed by atoms with Crippen LogP contribution in [0.2, 0.25) is 0 Å². The van der Waals surface area contributed by atoms with Crippen LogP contribution in [0.25, 0.3) is 5.70 Å². The van der Waals surface area contributed by atoms with Crippen LogP contribution in [-0.4, -0.2) is 6.72 Å². The van der Waals surface area contributed by atoms with Crippen LogP contribution in [-0.2, 0) is 0 Å². The first kappa shape index (κ1) is 7.79. The van der Waals surface area contributed by atoms with E-state index in [-0.39, 0.29) is 0 Å². The molecule has 0 radical (unpaired) electrons. The van der Waals surface area contributed by atoms with Crippen molar-refractivity contribution >= 4 is 12.4 Å². The molecule has 1 rings (SSSR count). The van der Waals surface area contributed by atoms with Crippen molar-refractivity contribution in [3.8, 4) is 0 Å². The number of nitrogens with zero attached hydrogens (tertiary/aromatic N) is 1. The molecular weight excluding hydrogens is 138 g/mol. The van der Waals surface area contributed by atoms with Crippen LogP contribution in [0.3, 0.4) is 0 Å². The zero-order chi connectivity index (χ0) is 8.27. The van der Waals surface area contributed by atoms with E-state index in [1.54, 1.807) is 6.26 Å². The molecule has 0 aliphatic heterocycles. The lowest BCUT2D eigenvalue weighted by molar-refractivity contribution is 0.551. The van der Waals surface area contributed by atoms with Crippen LogP contribution < -0.4 is 0 Å². The molecule has 1 heterocycles. The summed E-state index contributed by atoms with van der Waals surface area (Å²) in [6.45, 7) is 7.43. The van der Waals surface area contributed by atoms with Gasteiger partial charge in [0.05, 0.1) is 6.26 Å². The molecule has 0 saturated carbocycles. The van der Waals surface area contributed by atoms with Gasteiger partial charge in [0.15, 0.2) is 5.76 Å². The van der Waals surface area contributed by atoms with Gasteiger partial charge in [0.1, 0.15) is 5.70 Å². The van der Waals surface area contributed by atoms with Crippen LogP contribution in [0.1, 0.15) is 19.6 Å². The smallest absolute Gasteiger partial charge is 0.152 e. The predicted molar refractivity (Wildman–Crippen MR) is 46.5 cm³/mol. The second kappa shape index (κ2) is 3.19. The van der Waals surface area contributed by atoms with E-state index in [2.05, 4.69) is 11.7 Å². The Morgan fingerprint density at radius 1 is 1.55 bits per heavy atom. The molecule has 2 heteroatoms. The lowest BCUT2D eigenvalue weighted by Gasteiger charge is -1.97. The van der Waals surface area contributed by atoms with Gasteiger partial charge in [0.2, 0.25) is 0 Å². The summed E-state index contributed by atoms with van der Waals surface area (Å²) in [4.78, 5) is 3.87. The molecule has 0 saturated heterocycles. The Morgan fingerprint density at radius 2 is 2.27 bits per heavy atom. The molecule has 0 aliphatic rings. The van der Waals surface area contributed by atoms with E-state index in [9.17, 15) is 0 Å². The summed E-state index contributed by atoms with van der Waals surface area (Å²) in [5.74, 6) is 0.778. The Hall–Kier alpha value is -1.31. The van der Waals surface area contributed by atoms with Crippen LogP contribution in [0, 0.1) is 0 Å². The van der Waals surface area contributed by atoms with Crippen LogP contribution in [0.5, 0.6) is 0 Å². The fraction of sp³-hybridized carbons (Fsp3) is 0.222. The van der Waals surface area contributed by atoms with Gasteiger partial charge in [-0.3, -0.25) is 4.99 Å². The summed E-state index contributed by atoms with van der Waals surface area (Å²) < 4.78 is 5.16. The van der Waals surface area contributed by atoms with E-state index in [0.717, 1.165) is 17.0 Å². The van der Waals surface area contributed by atoms with Gasteiger partial charge >= 0.3 is 0 Å². The summed E-state index contributed by atoms with van der Waals surface area (Å²) in [5.41, 5.74) is 1.94. The maximum Gasteiger partial charge on any atom is 0.152 e. The first-order valence-corrected chi connectivity index (χ1v) is 3.44. The number of rotatable bonds is 2. The summed E-state index contributed by atoms with van der Waals surface area (Å²) in [5, 5.41) is 0. The molecule has 0 aromatic carbocycles. The van der Waals surface area contributed by atoms with Gasteiger partial charge < -0.3 is 4.42 Å². The molecule has 1 aromatic rings. The fourth-order valence-corrected chi connectivity index (χ4v) is 0.896. The van der Waals surface area contributed by atoms with E-state index in [0.29, 0.717) is 0 Å². The molecule has 0 amide bonds. The average molecular weight is 149 g/mol. The Morgan fingerprint density at radius 3 is 2.64 bits per heavy atom. The molecule has 0 atom stereocenters. The molecule has 0 fully saturated rings. The van der Waals surface area contributed by atoms with Crippen molar-refractivity contribution in [2.24, 2.45) is 4.99 Å². The van der Waals surface area contributed by atoms with Crippen molar-refractivity contribution in [3.63, 3.8) is 0 Å². The molecule has 0 N–H and O–H groups in total. The Bertz CT molecular complexity index is 266. The molecule has 58 valence electrons. The molecule has 0 aliphatic carbocycles. The van der Waals surface area contributed by atoms with Crippen molar-refractivity contribution in [2.45, 2.75) is 13.8 Å². The van der Waals surface area contributed by atoms with Gasteiger partial charge in [-0.1, -0.05) is 0 Å². The maximum absolute atomic E-state index is 5.16. The normalized spacial score (nSPS) is 9.27. The minimum absolute atomic E-state index is 0.778. The van der Waals surface area contributed by atoms with Crippen molar-refractivity contribution in [2.75, 3.05) is 0 Å². The standard InChI is InChI=1S/C9H11NO/c1-7(2)9(10-3)8-5-4-6-11-8/h4-6H,3H2,1-2H3. The van der Waals surface area contributed by atoms with E-state index in [1.165, 1.54) is 0 Å². The zero-order valence-corrected chi connectivity index (χ0v) is 6.79. The largest absolute Gasteiger partial charge is 0.463 e. The van der Waals surface area contributed by atoms with E-state index < -0.39 is 0 Å². The van der Waals surface area contributed by atoms with Gasteiger partial charge in [0, 0.05) is 0 Å². The molecule has 0 spiro atoms. The predicted octanol–water partition coefficient (Wildman–Crippen LogP) is 2.73. The molecular formula is C9H11NO. The van der Waals surface area contributed by atoms with Crippen LogP contribution in [0.4, 0.5) is 0 Å². The third kappa shape index (κ3) is 1.58. The van der Waals surface area contributed by atoms with Gasteiger partial charge in [-0.05, 0) is 38.3 Å². The minimum Gasteiger partial charge on any atom is -0.463 e. The number of furan rings is 1. The Kier molecular flexibility index (Phi) is 2.26. The van der Waals surface area contributed by atoms with Gasteiger partial charge in [-0.25, -0.2) is 0 Å². The van der Waals surface area contributed by atoms with Gasteiger partial charge in [-0.2, -0.15) is 0 Å². The molecule has 0 bridgehead atoms. The highest BCUT2D eigenvalue weighted by molar-refractivity contribution is 5.66. The fourth-order valence-electron chi connectivity index (χ4n) is 0.896. The Balaban J connectivity index is 3.08. The summed E-state index contributed by atoms with van der Waals surface area (Å²) in [6.07, 6.45) is 1.63. The average Bonchev–Trinajstić information content (AvgIpc) is 2.40. The van der Waals surface area contributed by atoms with Gasteiger partial charge in [-0.15, -0.1) is 0 Å². The lowest BCUT2D eigenvalue weighted by atomic mass is 10.2. The highest BCUT2D eigenvalue weighted by atomic mass is 16.3. The third-order valence-electron chi connectivity index (χ3n) is 1.39. The summed E-state index contributed by atoms with van der Waals surface area (Å²) in [6, 6.07) is 3.71. The van der Waals surface area contributed by atoms with E-state index in [1.807, 2.05) is 26.0 Å². The zero-order valence-electron chi connectivity index (χ0n) is 6.79. The number of hydrogen-bond acceptors (Lipinski definition) is 2. The monoisotopic (exact) mass is 149 g/mol. The van der Waals surface area contributed by atoms with E-state index >= 15 is 0 Å². The first-order valence-electron chi connectivity index (χ1n) is 3.44. The Labute approximate surface area is 66.3 Å². The summed E-state index contributed by atoms with van der Waals surface area (Å²) in [7, 11) is 0. The van der Waals surface area contributed by atoms with Crippen LogP contribution >= 0.6 is 0 Å². The van der Waals surface area contributed by atoms with E-state index in [4.69, 9.17) is 4.42 Å². The third-order valence-corrected chi connectivity index (χ3v) is 1.39. The quantitative estimate of drug-likeness (QED) is 0.593. The van der Waals surface area contributed by atoms with Gasteiger partial charge in [0.25, 0.3) is 0 Å². The van der Waals surface area contributed by atoms with Crippen LogP contribution in [0.15, 0.2) is 33.4 Å². The van der Waals surface area contributed by atoms with Crippen molar-refractivity contribution in [1.82, 2.24) is 0 Å². The summed E-state index contributed by atoms with van der Waals surface area (Å²) >= 11 is 0.